The Balaban J connectivity index is 0. The van der Waals surface area contributed by atoms with Gasteiger partial charge in [-0.15, -0.1) is 0 Å². The molecule has 0 aliphatic carbocycles. The Morgan fingerprint density at radius 1 is 0.923 bits per heavy atom. The lowest BCUT2D eigenvalue weighted by atomic mass is 10.5. The van der Waals surface area contributed by atoms with Crippen molar-refractivity contribution in [1.82, 2.24) is 0 Å². The second-order valence-electron chi connectivity index (χ2n) is 5.13. The van der Waals surface area contributed by atoms with Gasteiger partial charge in [0.25, 0.3) is 0 Å². The lowest BCUT2D eigenvalue weighted by molar-refractivity contribution is -0.858. The molecule has 0 aromatic carbocycles. The maximum atomic E-state index is 2.36. The molecule has 13 heavy (non-hydrogen) atoms. The Kier molecular flexibility index (Phi) is 8.37. The van der Waals surface area contributed by atoms with Crippen molar-refractivity contribution in [3.05, 3.63) is 0 Å². The van der Waals surface area contributed by atoms with Gasteiger partial charge in [-0.3, -0.25) is 0 Å². The van der Waals surface area contributed by atoms with Gasteiger partial charge in [-0.1, -0.05) is 27.7 Å². The number of quaternary nitrogens is 1. The van der Waals surface area contributed by atoms with Crippen LogP contribution in [-0.2, 0) is 0 Å². The molecule has 0 heterocycles. The lowest BCUT2D eigenvalue weighted by Crippen LogP contribution is -3.00. The van der Waals surface area contributed by atoms with Crippen LogP contribution in [0.25, 0.3) is 0 Å². The summed E-state index contributed by atoms with van der Waals surface area (Å²) in [6.07, 6.45) is 1.35. The first-order valence-electron chi connectivity index (χ1n) is 4.80. The van der Waals surface area contributed by atoms with Crippen molar-refractivity contribution >= 4 is 7.92 Å². The van der Waals surface area contributed by atoms with E-state index in [1.54, 1.807) is 0 Å². The van der Waals surface area contributed by atoms with E-state index in [0.29, 0.717) is 0 Å². The van der Waals surface area contributed by atoms with Crippen molar-refractivity contribution in [2.24, 2.45) is 0 Å². The minimum absolute atomic E-state index is 0. The van der Waals surface area contributed by atoms with Gasteiger partial charge in [0.2, 0.25) is 0 Å². The van der Waals surface area contributed by atoms with Crippen LogP contribution >= 0.6 is 7.92 Å². The van der Waals surface area contributed by atoms with Crippen molar-refractivity contribution in [1.29, 1.82) is 0 Å². The van der Waals surface area contributed by atoms with Crippen LogP contribution in [0.2, 0.25) is 0 Å². The third kappa shape index (κ3) is 8.14. The molecule has 0 atom stereocenters. The number of hydrogen-bond acceptors (Lipinski definition) is 0. The summed E-state index contributed by atoms with van der Waals surface area (Å²) in [7, 11) is 7.08. The average Bonchev–Trinajstić information content (AvgIpc) is 1.79. The zero-order valence-electron chi connectivity index (χ0n) is 10.1. The molecule has 0 saturated carbocycles. The summed E-state index contributed by atoms with van der Waals surface area (Å²) in [5.74, 6) is 0. The third-order valence-corrected chi connectivity index (χ3v) is 5.74. The van der Waals surface area contributed by atoms with E-state index in [4.69, 9.17) is 0 Å². The minimum atomic E-state index is 0. The number of hydrogen-bond donors (Lipinski definition) is 0. The molecular formula is C10H25INP. The molecular weight excluding hydrogens is 292 g/mol. The molecule has 0 N–H and O–H groups in total. The Morgan fingerprint density at radius 3 is 1.31 bits per heavy atom. The normalized spacial score (nSPS) is 12.5. The average molecular weight is 317 g/mol. The Labute approximate surface area is 103 Å². The van der Waals surface area contributed by atoms with Gasteiger partial charge in [0.1, 0.15) is 0 Å². The summed E-state index contributed by atoms with van der Waals surface area (Å²) in [4.78, 5) is 0. The molecule has 0 aliphatic rings. The quantitative estimate of drug-likeness (QED) is 0.388. The molecule has 0 fully saturated rings. The van der Waals surface area contributed by atoms with E-state index in [-0.39, 0.29) is 31.9 Å². The van der Waals surface area contributed by atoms with Crippen molar-refractivity contribution < 1.29 is 28.5 Å². The second kappa shape index (κ2) is 6.58. The van der Waals surface area contributed by atoms with Gasteiger partial charge in [0.15, 0.2) is 0 Å². The second-order valence-corrected chi connectivity index (χ2v) is 8.51. The largest absolute Gasteiger partial charge is 1.00 e. The van der Waals surface area contributed by atoms with Gasteiger partial charge in [0, 0.05) is 0 Å². The lowest BCUT2D eigenvalue weighted by Gasteiger charge is -2.33. The summed E-state index contributed by atoms with van der Waals surface area (Å²) in [6, 6.07) is 0. The molecule has 0 bridgehead atoms. The van der Waals surface area contributed by atoms with E-state index < -0.39 is 0 Å². The summed E-state index contributed by atoms with van der Waals surface area (Å²) < 4.78 is 1.11. The monoisotopic (exact) mass is 317 g/mol. The van der Waals surface area contributed by atoms with E-state index in [2.05, 4.69) is 48.8 Å². The fourth-order valence-electron chi connectivity index (χ4n) is 1.41. The molecule has 0 aromatic heterocycles. The molecule has 0 amide bonds. The SMILES string of the molecule is CC(C)P(C[N+](C)(C)C)C(C)C.[I-]. The predicted octanol–water partition coefficient (Wildman–Crippen LogP) is -0.0472. The summed E-state index contributed by atoms with van der Waals surface area (Å²) in [5.41, 5.74) is 1.75. The minimum Gasteiger partial charge on any atom is -1.00 e. The van der Waals surface area contributed by atoms with Gasteiger partial charge in [0.05, 0.1) is 27.4 Å². The Bertz CT molecular complexity index is 121. The zero-order valence-corrected chi connectivity index (χ0v) is 13.2. The first-order chi connectivity index (χ1) is 5.24. The smallest absolute Gasteiger partial charge is 0.0963 e. The molecule has 1 nitrogen and oxygen atoms in total. The van der Waals surface area contributed by atoms with Crippen molar-refractivity contribution in [2.75, 3.05) is 27.4 Å². The van der Waals surface area contributed by atoms with E-state index >= 15 is 0 Å². The van der Waals surface area contributed by atoms with Crippen LogP contribution in [0.5, 0.6) is 0 Å². The fourth-order valence-corrected chi connectivity index (χ4v) is 4.24. The van der Waals surface area contributed by atoms with Crippen LogP contribution in [-0.4, -0.2) is 43.2 Å². The number of halogens is 1. The Hall–Kier alpha value is 1.12. The molecule has 0 spiro atoms. The van der Waals surface area contributed by atoms with Gasteiger partial charge < -0.3 is 28.5 Å². The molecule has 0 radical (unpaired) electrons. The highest BCUT2D eigenvalue weighted by Gasteiger charge is 2.23. The molecule has 82 valence electrons. The van der Waals surface area contributed by atoms with Gasteiger partial charge in [-0.25, -0.2) is 0 Å². The molecule has 0 saturated heterocycles. The maximum Gasteiger partial charge on any atom is 0.0963 e. The summed E-state index contributed by atoms with van der Waals surface area (Å²) in [6.45, 7) is 9.45. The summed E-state index contributed by atoms with van der Waals surface area (Å²) >= 11 is 0. The first-order valence-corrected chi connectivity index (χ1v) is 6.47. The van der Waals surface area contributed by atoms with E-state index in [1.165, 1.54) is 6.29 Å². The standard InChI is InChI=1S/C10H25NP.HI/c1-9(2)12(10(3)4)8-11(5,6)7;/h9-10H,8H2,1-7H3;1H/q+1;/p-1. The van der Waals surface area contributed by atoms with Crippen LogP contribution in [0.4, 0.5) is 0 Å². The van der Waals surface area contributed by atoms with Crippen LogP contribution in [0, 0.1) is 0 Å². The summed E-state index contributed by atoms with van der Waals surface area (Å²) in [5, 5.41) is 0. The van der Waals surface area contributed by atoms with E-state index in [9.17, 15) is 0 Å². The van der Waals surface area contributed by atoms with Gasteiger partial charge in [-0.05, 0) is 19.2 Å². The van der Waals surface area contributed by atoms with E-state index in [0.717, 1.165) is 15.8 Å². The molecule has 0 aromatic rings. The van der Waals surface area contributed by atoms with Crippen LogP contribution in [0.3, 0.4) is 0 Å². The highest BCUT2D eigenvalue weighted by Crippen LogP contribution is 2.46. The predicted molar refractivity (Wildman–Crippen MR) is 60.1 cm³/mol. The molecule has 0 rings (SSSR count). The van der Waals surface area contributed by atoms with Crippen LogP contribution < -0.4 is 24.0 Å². The van der Waals surface area contributed by atoms with E-state index in [1.807, 2.05) is 0 Å². The highest BCUT2D eigenvalue weighted by atomic mass is 127. The van der Waals surface area contributed by atoms with Gasteiger partial charge in [-0.2, -0.15) is 0 Å². The molecule has 0 unspecified atom stereocenters. The molecule has 3 heteroatoms. The maximum absolute atomic E-state index is 2.36. The first kappa shape index (κ1) is 16.5. The zero-order chi connectivity index (χ0) is 9.94. The molecule has 0 aliphatic heterocycles. The van der Waals surface area contributed by atoms with Gasteiger partial charge >= 0.3 is 0 Å². The topological polar surface area (TPSA) is 0 Å². The Morgan fingerprint density at radius 2 is 1.23 bits per heavy atom. The number of rotatable bonds is 4. The van der Waals surface area contributed by atoms with Crippen LogP contribution in [0.15, 0.2) is 0 Å². The van der Waals surface area contributed by atoms with Crippen molar-refractivity contribution in [3.8, 4) is 0 Å². The van der Waals surface area contributed by atoms with Crippen LogP contribution in [0.1, 0.15) is 27.7 Å². The third-order valence-electron chi connectivity index (χ3n) is 1.91. The fraction of sp³-hybridized carbons (Fsp3) is 1.00. The highest BCUT2D eigenvalue weighted by molar-refractivity contribution is 7.58. The van der Waals surface area contributed by atoms with Crippen molar-refractivity contribution in [2.45, 2.75) is 39.0 Å². The van der Waals surface area contributed by atoms with Crippen molar-refractivity contribution in [3.63, 3.8) is 0 Å². The number of nitrogens with zero attached hydrogens (tertiary/aromatic N) is 1.